The molecule has 7 heteroatoms. The van der Waals surface area contributed by atoms with Crippen LogP contribution in [0.1, 0.15) is 12.8 Å². The first-order valence-electron chi connectivity index (χ1n) is 3.66. The van der Waals surface area contributed by atoms with Crippen molar-refractivity contribution in [3.63, 3.8) is 0 Å². The Hall–Kier alpha value is -0.300. The van der Waals surface area contributed by atoms with Gasteiger partial charge in [-0.25, -0.2) is 8.42 Å². The average molecular weight is 218 g/mol. The van der Waals surface area contributed by atoms with Gasteiger partial charge in [0, 0.05) is 0 Å². The molecule has 0 aliphatic carbocycles. The smallest absolute Gasteiger partial charge is 0.380 e. The Morgan fingerprint density at radius 3 is 2.15 bits per heavy atom. The zero-order valence-corrected chi connectivity index (χ0v) is 7.45. The van der Waals surface area contributed by atoms with Crippen molar-refractivity contribution in [1.82, 2.24) is 0 Å². The first-order chi connectivity index (χ1) is 5.66. The standard InChI is InChI=1S/C6H9F3O3S/c7-6(8,9)5(10)2-1-3-13(11,12)4-5/h10H,1-4H2. The molecule has 3 nitrogen and oxygen atoms in total. The monoisotopic (exact) mass is 218 g/mol. The summed E-state index contributed by atoms with van der Waals surface area (Å²) in [7, 11) is -3.74. The van der Waals surface area contributed by atoms with E-state index in [1.54, 1.807) is 0 Å². The van der Waals surface area contributed by atoms with Gasteiger partial charge in [0.1, 0.15) is 0 Å². The molecule has 1 heterocycles. The van der Waals surface area contributed by atoms with Gasteiger partial charge in [-0.15, -0.1) is 0 Å². The molecule has 78 valence electrons. The van der Waals surface area contributed by atoms with E-state index in [1.165, 1.54) is 0 Å². The Labute approximate surface area is 73.5 Å². The van der Waals surface area contributed by atoms with Gasteiger partial charge in [-0.05, 0) is 12.8 Å². The molecule has 0 spiro atoms. The largest absolute Gasteiger partial charge is 0.418 e. The van der Waals surface area contributed by atoms with Crippen LogP contribution in [0.15, 0.2) is 0 Å². The molecule has 1 N–H and O–H groups in total. The fourth-order valence-electron chi connectivity index (χ4n) is 1.32. The molecule has 0 saturated carbocycles. The number of halogens is 3. The topological polar surface area (TPSA) is 54.4 Å². The van der Waals surface area contributed by atoms with E-state index in [1.807, 2.05) is 0 Å². The van der Waals surface area contributed by atoms with Crippen molar-refractivity contribution in [3.05, 3.63) is 0 Å². The molecule has 0 aromatic rings. The fraction of sp³-hybridized carbons (Fsp3) is 1.00. The zero-order valence-electron chi connectivity index (χ0n) is 6.63. The molecule has 1 saturated heterocycles. The Morgan fingerprint density at radius 1 is 1.31 bits per heavy atom. The second kappa shape index (κ2) is 2.84. The second-order valence-electron chi connectivity index (χ2n) is 3.22. The van der Waals surface area contributed by atoms with Crippen LogP contribution in [0.2, 0.25) is 0 Å². The van der Waals surface area contributed by atoms with Crippen molar-refractivity contribution in [2.75, 3.05) is 11.5 Å². The molecule has 0 aromatic carbocycles. The van der Waals surface area contributed by atoms with E-state index in [0.717, 1.165) is 0 Å². The summed E-state index contributed by atoms with van der Waals surface area (Å²) < 4.78 is 58.2. The highest BCUT2D eigenvalue weighted by molar-refractivity contribution is 7.91. The zero-order chi connectivity index (χ0) is 10.3. The summed E-state index contributed by atoms with van der Waals surface area (Å²) in [6.45, 7) is 0. The second-order valence-corrected chi connectivity index (χ2v) is 5.41. The molecule has 1 aliphatic heterocycles. The Kier molecular flexibility index (Phi) is 2.36. The number of hydrogen-bond acceptors (Lipinski definition) is 3. The van der Waals surface area contributed by atoms with E-state index in [0.29, 0.717) is 0 Å². The highest BCUT2D eigenvalue weighted by atomic mass is 32.2. The molecule has 1 unspecified atom stereocenters. The fourth-order valence-corrected chi connectivity index (χ4v) is 3.08. The molecular formula is C6H9F3O3S. The van der Waals surface area contributed by atoms with Gasteiger partial charge in [0.15, 0.2) is 15.4 Å². The Balaban J connectivity index is 2.94. The van der Waals surface area contributed by atoms with Crippen molar-refractivity contribution in [2.24, 2.45) is 0 Å². The number of alkyl halides is 3. The predicted octanol–water partition coefficient (Wildman–Crippen LogP) is 0.488. The van der Waals surface area contributed by atoms with Crippen LogP contribution in [-0.2, 0) is 9.84 Å². The third-order valence-corrected chi connectivity index (χ3v) is 3.86. The van der Waals surface area contributed by atoms with Gasteiger partial charge in [0.05, 0.1) is 11.5 Å². The van der Waals surface area contributed by atoms with Gasteiger partial charge in [0.2, 0.25) is 0 Å². The SMILES string of the molecule is O=S1(=O)CCCC(O)(C(F)(F)F)C1. The van der Waals surface area contributed by atoms with Crippen molar-refractivity contribution in [1.29, 1.82) is 0 Å². The van der Waals surface area contributed by atoms with Crippen molar-refractivity contribution >= 4 is 9.84 Å². The lowest BCUT2D eigenvalue weighted by Gasteiger charge is -2.33. The number of aliphatic hydroxyl groups is 1. The summed E-state index contributed by atoms with van der Waals surface area (Å²) in [6.07, 6.45) is -5.53. The van der Waals surface area contributed by atoms with E-state index < -0.39 is 33.8 Å². The summed E-state index contributed by atoms with van der Waals surface area (Å²) >= 11 is 0. The first-order valence-corrected chi connectivity index (χ1v) is 5.48. The molecule has 1 atom stereocenters. The van der Waals surface area contributed by atoms with E-state index in [4.69, 9.17) is 5.11 Å². The van der Waals surface area contributed by atoms with Gasteiger partial charge < -0.3 is 5.11 Å². The van der Waals surface area contributed by atoms with Crippen molar-refractivity contribution < 1.29 is 26.7 Å². The number of hydrogen-bond donors (Lipinski definition) is 1. The van der Waals surface area contributed by atoms with Crippen LogP contribution in [0.3, 0.4) is 0 Å². The molecule has 0 radical (unpaired) electrons. The lowest BCUT2D eigenvalue weighted by Crippen LogP contribution is -2.53. The number of sulfone groups is 1. The Morgan fingerprint density at radius 2 is 1.85 bits per heavy atom. The minimum atomic E-state index is -4.86. The summed E-state index contributed by atoms with van der Waals surface area (Å²) in [6, 6.07) is 0. The highest BCUT2D eigenvalue weighted by Gasteiger charge is 2.57. The summed E-state index contributed by atoms with van der Waals surface area (Å²) in [5, 5.41) is 9.04. The minimum absolute atomic E-state index is 0.141. The summed E-state index contributed by atoms with van der Waals surface area (Å²) in [5.41, 5.74) is -3.04. The average Bonchev–Trinajstić information content (AvgIpc) is 1.80. The van der Waals surface area contributed by atoms with Gasteiger partial charge in [-0.2, -0.15) is 13.2 Å². The van der Waals surface area contributed by atoms with Crippen molar-refractivity contribution in [3.8, 4) is 0 Å². The van der Waals surface area contributed by atoms with Crippen LogP contribution >= 0.6 is 0 Å². The van der Waals surface area contributed by atoms with Crippen LogP contribution in [0, 0.1) is 0 Å². The van der Waals surface area contributed by atoms with E-state index in [-0.39, 0.29) is 12.2 Å². The van der Waals surface area contributed by atoms with Crippen LogP contribution in [0.4, 0.5) is 13.2 Å². The number of rotatable bonds is 0. The predicted molar refractivity (Wildman–Crippen MR) is 38.9 cm³/mol. The van der Waals surface area contributed by atoms with Crippen LogP contribution in [0.25, 0.3) is 0 Å². The third kappa shape index (κ3) is 2.14. The highest BCUT2D eigenvalue weighted by Crippen LogP contribution is 2.37. The Bertz CT molecular complexity index is 295. The maximum absolute atomic E-state index is 12.2. The van der Waals surface area contributed by atoms with E-state index >= 15 is 0 Å². The third-order valence-electron chi connectivity index (χ3n) is 2.03. The molecule has 0 amide bonds. The van der Waals surface area contributed by atoms with Crippen LogP contribution in [0.5, 0.6) is 0 Å². The lowest BCUT2D eigenvalue weighted by molar-refractivity contribution is -0.254. The molecule has 1 fully saturated rings. The van der Waals surface area contributed by atoms with Gasteiger partial charge >= 0.3 is 6.18 Å². The molecule has 0 aromatic heterocycles. The lowest BCUT2D eigenvalue weighted by atomic mass is 9.99. The minimum Gasteiger partial charge on any atom is -0.380 e. The van der Waals surface area contributed by atoms with Gasteiger partial charge in [-0.1, -0.05) is 0 Å². The maximum atomic E-state index is 12.2. The van der Waals surface area contributed by atoms with Crippen molar-refractivity contribution in [2.45, 2.75) is 24.6 Å². The van der Waals surface area contributed by atoms with Crippen LogP contribution in [-0.4, -0.2) is 36.8 Å². The molecular weight excluding hydrogens is 209 g/mol. The summed E-state index contributed by atoms with van der Waals surface area (Å²) in [4.78, 5) is 0. The first kappa shape index (κ1) is 10.8. The molecule has 1 rings (SSSR count). The summed E-state index contributed by atoms with van der Waals surface area (Å²) in [5.74, 6) is -1.48. The molecule has 1 aliphatic rings. The maximum Gasteiger partial charge on any atom is 0.418 e. The van der Waals surface area contributed by atoms with E-state index in [9.17, 15) is 21.6 Å². The van der Waals surface area contributed by atoms with Gasteiger partial charge in [0.25, 0.3) is 0 Å². The quantitative estimate of drug-likeness (QED) is 0.643. The van der Waals surface area contributed by atoms with Crippen LogP contribution < -0.4 is 0 Å². The normalized spacial score (nSPS) is 34.5. The van der Waals surface area contributed by atoms with E-state index in [2.05, 4.69) is 0 Å². The molecule has 0 bridgehead atoms. The van der Waals surface area contributed by atoms with Gasteiger partial charge in [-0.3, -0.25) is 0 Å². The molecule has 13 heavy (non-hydrogen) atoms.